The second kappa shape index (κ2) is 7.81. The Kier molecular flexibility index (Phi) is 6.10. The summed E-state index contributed by atoms with van der Waals surface area (Å²) in [6.45, 7) is 6.45. The molecule has 0 aliphatic carbocycles. The first-order valence-electron chi connectivity index (χ1n) is 8.72. The van der Waals surface area contributed by atoms with Crippen molar-refractivity contribution in [2.45, 2.75) is 44.0 Å². The van der Waals surface area contributed by atoms with Crippen LogP contribution in [0.2, 0.25) is 0 Å². The number of anilines is 1. The van der Waals surface area contributed by atoms with Gasteiger partial charge in [-0.3, -0.25) is 14.9 Å². The van der Waals surface area contributed by atoms with Crippen molar-refractivity contribution in [3.8, 4) is 0 Å². The van der Waals surface area contributed by atoms with Crippen molar-refractivity contribution in [3.63, 3.8) is 0 Å². The van der Waals surface area contributed by atoms with E-state index in [9.17, 15) is 23.3 Å². The molecule has 1 amide bonds. The van der Waals surface area contributed by atoms with Gasteiger partial charge in [0.15, 0.2) is 0 Å². The van der Waals surface area contributed by atoms with E-state index in [-0.39, 0.29) is 28.7 Å². The summed E-state index contributed by atoms with van der Waals surface area (Å²) >= 11 is 0. The Bertz CT molecular complexity index is 826. The molecule has 1 N–H and O–H groups in total. The molecule has 0 unspecified atom stereocenters. The van der Waals surface area contributed by atoms with E-state index in [2.05, 4.69) is 4.72 Å². The number of sulfonamides is 1. The van der Waals surface area contributed by atoms with Gasteiger partial charge in [0.1, 0.15) is 5.69 Å². The van der Waals surface area contributed by atoms with Gasteiger partial charge in [-0.2, -0.15) is 0 Å². The second-order valence-corrected chi connectivity index (χ2v) is 9.39. The van der Waals surface area contributed by atoms with E-state index in [4.69, 9.17) is 0 Å². The van der Waals surface area contributed by atoms with Gasteiger partial charge in [0.05, 0.1) is 16.4 Å². The van der Waals surface area contributed by atoms with Crippen molar-refractivity contribution >= 4 is 27.3 Å². The molecule has 150 valence electrons. The van der Waals surface area contributed by atoms with Crippen LogP contribution in [-0.2, 0) is 14.8 Å². The monoisotopic (exact) mass is 398 g/mol. The molecule has 0 spiro atoms. The van der Waals surface area contributed by atoms with Crippen LogP contribution in [0.25, 0.3) is 0 Å². The van der Waals surface area contributed by atoms with E-state index < -0.39 is 20.5 Å². The lowest BCUT2D eigenvalue weighted by Crippen LogP contribution is -2.40. The van der Waals surface area contributed by atoms with Crippen LogP contribution in [0, 0.1) is 10.1 Å². The zero-order chi connectivity index (χ0) is 20.4. The van der Waals surface area contributed by atoms with Crippen molar-refractivity contribution in [1.82, 2.24) is 9.62 Å². The van der Waals surface area contributed by atoms with E-state index in [1.807, 2.05) is 0 Å². The SMILES string of the molecule is CN(CC(=O)N1CCCC1)c1ccc(S(=O)(=O)NC(C)(C)C)cc1[N+](=O)[O-]. The summed E-state index contributed by atoms with van der Waals surface area (Å²) in [5.41, 5.74) is -0.878. The number of nitrogens with zero attached hydrogens (tertiary/aromatic N) is 3. The molecule has 0 radical (unpaired) electrons. The average Bonchev–Trinajstić information content (AvgIpc) is 3.06. The van der Waals surface area contributed by atoms with Gasteiger partial charge in [-0.15, -0.1) is 0 Å². The standard InChI is InChI=1S/C17H26N4O5S/c1-17(2,3)18-27(25,26)13-7-8-14(15(11-13)21(23)24)19(4)12-16(22)20-9-5-6-10-20/h7-8,11,18H,5-6,9-10,12H2,1-4H3. The van der Waals surface area contributed by atoms with Gasteiger partial charge in [0.2, 0.25) is 15.9 Å². The number of amides is 1. The minimum Gasteiger partial charge on any atom is -0.360 e. The average molecular weight is 398 g/mol. The summed E-state index contributed by atoms with van der Waals surface area (Å²) in [4.78, 5) is 26.2. The topological polar surface area (TPSA) is 113 Å². The summed E-state index contributed by atoms with van der Waals surface area (Å²) in [5.74, 6) is -0.101. The Hall–Kier alpha value is -2.20. The number of nitrogens with one attached hydrogen (secondary N) is 1. The Morgan fingerprint density at radius 2 is 1.89 bits per heavy atom. The molecule has 27 heavy (non-hydrogen) atoms. The normalized spacial score (nSPS) is 15.0. The fourth-order valence-electron chi connectivity index (χ4n) is 2.96. The largest absolute Gasteiger partial charge is 0.360 e. The number of likely N-dealkylation sites (tertiary alicyclic amines) is 1. The molecule has 1 fully saturated rings. The van der Waals surface area contributed by atoms with Crippen LogP contribution in [0.4, 0.5) is 11.4 Å². The van der Waals surface area contributed by atoms with E-state index in [1.54, 1.807) is 32.7 Å². The lowest BCUT2D eigenvalue weighted by atomic mass is 10.1. The summed E-state index contributed by atoms with van der Waals surface area (Å²) in [7, 11) is -2.32. The van der Waals surface area contributed by atoms with E-state index >= 15 is 0 Å². The van der Waals surface area contributed by atoms with Crippen LogP contribution in [0.15, 0.2) is 23.1 Å². The maximum absolute atomic E-state index is 12.4. The van der Waals surface area contributed by atoms with Crippen molar-refractivity contribution < 1.29 is 18.1 Å². The molecule has 0 atom stereocenters. The van der Waals surface area contributed by atoms with Crippen molar-refractivity contribution in [3.05, 3.63) is 28.3 Å². The smallest absolute Gasteiger partial charge is 0.293 e. The van der Waals surface area contributed by atoms with E-state index in [1.165, 1.54) is 17.0 Å². The summed E-state index contributed by atoms with van der Waals surface area (Å²) < 4.78 is 27.4. The van der Waals surface area contributed by atoms with Gasteiger partial charge in [-0.05, 0) is 45.7 Å². The molecular weight excluding hydrogens is 372 g/mol. The lowest BCUT2D eigenvalue weighted by Gasteiger charge is -2.23. The number of rotatable bonds is 6. The zero-order valence-corrected chi connectivity index (χ0v) is 16.9. The van der Waals surface area contributed by atoms with Crippen molar-refractivity contribution in [2.24, 2.45) is 0 Å². The van der Waals surface area contributed by atoms with Crippen LogP contribution in [0.3, 0.4) is 0 Å². The minimum absolute atomic E-state index is 0.00677. The van der Waals surface area contributed by atoms with E-state index in [0.717, 1.165) is 18.9 Å². The second-order valence-electron chi connectivity index (χ2n) is 7.71. The Balaban J connectivity index is 2.29. The number of nitro groups is 1. The Labute approximate surface area is 159 Å². The number of likely N-dealkylation sites (N-methyl/N-ethyl adjacent to an activating group) is 1. The molecule has 0 bridgehead atoms. The Morgan fingerprint density at radius 3 is 2.41 bits per heavy atom. The quantitative estimate of drug-likeness (QED) is 0.577. The Morgan fingerprint density at radius 1 is 1.30 bits per heavy atom. The number of nitro benzene ring substituents is 1. The number of hydrogen-bond acceptors (Lipinski definition) is 6. The predicted octanol–water partition coefficient (Wildman–Crippen LogP) is 1.73. The number of benzene rings is 1. The number of carbonyl (C=O) groups is 1. The van der Waals surface area contributed by atoms with Crippen LogP contribution in [0.5, 0.6) is 0 Å². The van der Waals surface area contributed by atoms with Gasteiger partial charge in [-0.1, -0.05) is 0 Å². The maximum Gasteiger partial charge on any atom is 0.293 e. The van der Waals surface area contributed by atoms with Crippen molar-refractivity contribution in [1.29, 1.82) is 0 Å². The molecule has 10 heteroatoms. The van der Waals surface area contributed by atoms with Gasteiger partial charge < -0.3 is 9.80 Å². The maximum atomic E-state index is 12.4. The molecule has 9 nitrogen and oxygen atoms in total. The molecule has 0 saturated carbocycles. The molecule has 1 aromatic carbocycles. The highest BCUT2D eigenvalue weighted by Gasteiger charge is 2.27. The third kappa shape index (κ3) is 5.39. The summed E-state index contributed by atoms with van der Waals surface area (Å²) in [5, 5.41) is 11.5. The van der Waals surface area contributed by atoms with E-state index in [0.29, 0.717) is 13.1 Å². The predicted molar refractivity (Wildman–Crippen MR) is 102 cm³/mol. The van der Waals surface area contributed by atoms with Gasteiger partial charge in [0.25, 0.3) is 5.69 Å². The molecule has 1 saturated heterocycles. The number of hydrogen-bond donors (Lipinski definition) is 1. The molecule has 0 aromatic heterocycles. The van der Waals surface area contributed by atoms with Gasteiger partial charge in [-0.25, -0.2) is 13.1 Å². The summed E-state index contributed by atoms with van der Waals surface area (Å²) in [6.07, 6.45) is 1.92. The molecule has 2 rings (SSSR count). The first-order valence-corrected chi connectivity index (χ1v) is 10.2. The molecule has 1 aromatic rings. The highest BCUT2D eigenvalue weighted by molar-refractivity contribution is 7.89. The first-order chi connectivity index (χ1) is 12.4. The number of carbonyl (C=O) groups excluding carboxylic acids is 1. The van der Waals surface area contributed by atoms with Gasteiger partial charge >= 0.3 is 0 Å². The molecule has 1 aliphatic heterocycles. The first kappa shape index (κ1) is 21.1. The van der Waals surface area contributed by atoms with Crippen LogP contribution >= 0.6 is 0 Å². The highest BCUT2D eigenvalue weighted by Crippen LogP contribution is 2.30. The molecular formula is C17H26N4O5S. The third-order valence-corrected chi connectivity index (χ3v) is 5.89. The molecule has 1 aliphatic rings. The third-order valence-electron chi connectivity index (χ3n) is 4.14. The zero-order valence-electron chi connectivity index (χ0n) is 16.1. The fraction of sp³-hybridized carbons (Fsp3) is 0.588. The van der Waals surface area contributed by atoms with Crippen LogP contribution < -0.4 is 9.62 Å². The fourth-order valence-corrected chi connectivity index (χ4v) is 4.39. The highest BCUT2D eigenvalue weighted by atomic mass is 32.2. The van der Waals surface area contributed by atoms with Crippen molar-refractivity contribution in [2.75, 3.05) is 31.6 Å². The van der Waals surface area contributed by atoms with Crippen LogP contribution in [-0.4, -0.2) is 56.4 Å². The van der Waals surface area contributed by atoms with Gasteiger partial charge in [0, 0.05) is 31.7 Å². The summed E-state index contributed by atoms with van der Waals surface area (Å²) in [6, 6.07) is 3.71. The van der Waals surface area contributed by atoms with Crippen LogP contribution in [0.1, 0.15) is 33.6 Å². The lowest BCUT2D eigenvalue weighted by molar-refractivity contribution is -0.384. The minimum atomic E-state index is -3.90. The molecule has 1 heterocycles.